The molecule has 0 spiro atoms. The highest BCUT2D eigenvalue weighted by atomic mass is 32.2. The maximum Gasteiger partial charge on any atom is 0.223 e. The lowest BCUT2D eigenvalue weighted by atomic mass is 10.4. The summed E-state index contributed by atoms with van der Waals surface area (Å²) in [5.41, 5.74) is 5.89. The highest BCUT2D eigenvalue weighted by Gasteiger charge is 2.28. The molecule has 0 aromatic carbocycles. The number of amides is 1. The molecule has 2 aliphatic rings. The van der Waals surface area contributed by atoms with Gasteiger partial charge in [0.05, 0.1) is 6.54 Å². The molecule has 2 rings (SSSR count). The number of carbonyl (C=O) groups excluding carboxylic acids is 1. The van der Waals surface area contributed by atoms with Crippen LogP contribution in [0.5, 0.6) is 0 Å². The van der Waals surface area contributed by atoms with Crippen LogP contribution in [-0.4, -0.2) is 54.5 Å². The number of nitrogens with two attached hydrogens (primary N) is 1. The van der Waals surface area contributed by atoms with Gasteiger partial charge in [0.15, 0.2) is 5.96 Å². The third kappa shape index (κ3) is 4.11. The lowest BCUT2D eigenvalue weighted by Crippen LogP contribution is -2.43. The maximum atomic E-state index is 11.3. The molecule has 6 heteroatoms. The summed E-state index contributed by atoms with van der Waals surface area (Å²) in [5, 5.41) is 2.88. The van der Waals surface area contributed by atoms with E-state index in [-0.39, 0.29) is 11.8 Å². The molecular formula is C11H20N4OS. The number of hydrogen-bond donors (Lipinski definition) is 2. The van der Waals surface area contributed by atoms with E-state index >= 15 is 0 Å². The molecule has 3 N–H and O–H groups in total. The number of hydrogen-bond acceptors (Lipinski definition) is 3. The number of thioether (sulfide) groups is 1. The van der Waals surface area contributed by atoms with Crippen molar-refractivity contribution >= 4 is 23.6 Å². The van der Waals surface area contributed by atoms with Crippen LogP contribution in [0.3, 0.4) is 0 Å². The zero-order chi connectivity index (χ0) is 12.1. The van der Waals surface area contributed by atoms with Gasteiger partial charge in [0, 0.05) is 37.1 Å². The number of aliphatic imine (C=N–C) groups is 1. The Morgan fingerprint density at radius 1 is 1.41 bits per heavy atom. The van der Waals surface area contributed by atoms with Gasteiger partial charge in [0.25, 0.3) is 0 Å². The summed E-state index contributed by atoms with van der Waals surface area (Å²) in [4.78, 5) is 17.8. The van der Waals surface area contributed by atoms with Crippen molar-refractivity contribution in [1.29, 1.82) is 0 Å². The van der Waals surface area contributed by atoms with Crippen LogP contribution in [-0.2, 0) is 4.79 Å². The zero-order valence-electron chi connectivity index (χ0n) is 10.0. The van der Waals surface area contributed by atoms with Crippen molar-refractivity contribution in [2.75, 3.05) is 37.7 Å². The molecule has 0 bridgehead atoms. The van der Waals surface area contributed by atoms with Crippen molar-refractivity contribution in [3.63, 3.8) is 0 Å². The average molecular weight is 256 g/mol. The molecule has 1 saturated carbocycles. The first-order valence-electron chi connectivity index (χ1n) is 6.17. The van der Waals surface area contributed by atoms with Crippen molar-refractivity contribution in [1.82, 2.24) is 10.2 Å². The van der Waals surface area contributed by atoms with E-state index in [0.717, 1.165) is 37.4 Å². The van der Waals surface area contributed by atoms with Crippen molar-refractivity contribution in [3.05, 3.63) is 0 Å². The summed E-state index contributed by atoms with van der Waals surface area (Å²) in [6, 6.07) is 0. The largest absolute Gasteiger partial charge is 0.370 e. The van der Waals surface area contributed by atoms with Gasteiger partial charge in [-0.25, -0.2) is 0 Å². The summed E-state index contributed by atoms with van der Waals surface area (Å²) < 4.78 is 0. The molecular weight excluding hydrogens is 236 g/mol. The number of carbonyl (C=O) groups is 1. The quantitative estimate of drug-likeness (QED) is 0.418. The SMILES string of the molecule is NC(=NCCNC(=O)C1CC1)N1CCSCC1. The van der Waals surface area contributed by atoms with Crippen LogP contribution in [0.4, 0.5) is 0 Å². The van der Waals surface area contributed by atoms with Gasteiger partial charge in [0.1, 0.15) is 0 Å². The molecule has 1 saturated heterocycles. The molecule has 5 nitrogen and oxygen atoms in total. The molecule has 0 aromatic heterocycles. The van der Waals surface area contributed by atoms with Crippen LogP contribution in [0, 0.1) is 5.92 Å². The van der Waals surface area contributed by atoms with Gasteiger partial charge in [-0.2, -0.15) is 11.8 Å². The fraction of sp³-hybridized carbons (Fsp3) is 0.818. The van der Waals surface area contributed by atoms with Crippen molar-refractivity contribution in [3.8, 4) is 0 Å². The van der Waals surface area contributed by atoms with Gasteiger partial charge in [0.2, 0.25) is 5.91 Å². The van der Waals surface area contributed by atoms with E-state index in [2.05, 4.69) is 15.2 Å². The summed E-state index contributed by atoms with van der Waals surface area (Å²) in [6.07, 6.45) is 2.09. The van der Waals surface area contributed by atoms with Gasteiger partial charge in [-0.05, 0) is 12.8 Å². The second kappa shape index (κ2) is 6.14. The Morgan fingerprint density at radius 3 is 2.76 bits per heavy atom. The molecule has 0 atom stereocenters. The first-order chi connectivity index (χ1) is 8.27. The highest BCUT2D eigenvalue weighted by molar-refractivity contribution is 7.99. The van der Waals surface area contributed by atoms with Crippen LogP contribution < -0.4 is 11.1 Å². The summed E-state index contributed by atoms with van der Waals surface area (Å²) in [5.74, 6) is 3.30. The third-order valence-electron chi connectivity index (χ3n) is 2.97. The van der Waals surface area contributed by atoms with Gasteiger partial charge in [-0.3, -0.25) is 9.79 Å². The third-order valence-corrected chi connectivity index (χ3v) is 3.91. The van der Waals surface area contributed by atoms with E-state index in [1.54, 1.807) is 0 Å². The van der Waals surface area contributed by atoms with E-state index in [0.29, 0.717) is 19.0 Å². The second-order valence-corrected chi connectivity index (χ2v) is 5.63. The molecule has 1 aliphatic heterocycles. The lowest BCUT2D eigenvalue weighted by molar-refractivity contribution is -0.122. The van der Waals surface area contributed by atoms with E-state index in [9.17, 15) is 4.79 Å². The zero-order valence-corrected chi connectivity index (χ0v) is 10.8. The molecule has 1 aliphatic carbocycles. The van der Waals surface area contributed by atoms with E-state index in [1.165, 1.54) is 0 Å². The van der Waals surface area contributed by atoms with Gasteiger partial charge in [-0.15, -0.1) is 0 Å². The van der Waals surface area contributed by atoms with Crippen LogP contribution in [0.25, 0.3) is 0 Å². The molecule has 0 radical (unpaired) electrons. The Balaban J connectivity index is 1.62. The predicted octanol–water partition coefficient (Wildman–Crippen LogP) is -0.124. The minimum atomic E-state index is 0.174. The summed E-state index contributed by atoms with van der Waals surface area (Å²) in [7, 11) is 0. The number of nitrogens with zero attached hydrogens (tertiary/aromatic N) is 2. The van der Waals surface area contributed by atoms with E-state index < -0.39 is 0 Å². The van der Waals surface area contributed by atoms with Gasteiger partial charge >= 0.3 is 0 Å². The predicted molar refractivity (Wildman–Crippen MR) is 71.1 cm³/mol. The Hall–Kier alpha value is -0.910. The molecule has 1 amide bonds. The first kappa shape index (κ1) is 12.5. The van der Waals surface area contributed by atoms with Gasteiger partial charge in [-0.1, -0.05) is 0 Å². The molecule has 2 fully saturated rings. The topological polar surface area (TPSA) is 70.7 Å². The van der Waals surface area contributed by atoms with Crippen LogP contribution in [0.1, 0.15) is 12.8 Å². The summed E-state index contributed by atoms with van der Waals surface area (Å²) >= 11 is 1.95. The molecule has 0 unspecified atom stereocenters. The van der Waals surface area contributed by atoms with Crippen molar-refractivity contribution in [2.45, 2.75) is 12.8 Å². The normalized spacial score (nSPS) is 21.4. The fourth-order valence-corrected chi connectivity index (χ4v) is 2.63. The Bertz CT molecular complexity index is 298. The lowest BCUT2D eigenvalue weighted by Gasteiger charge is -2.27. The van der Waals surface area contributed by atoms with Gasteiger partial charge < -0.3 is 16.0 Å². The van der Waals surface area contributed by atoms with Crippen molar-refractivity contribution < 1.29 is 4.79 Å². The number of guanidine groups is 1. The highest BCUT2D eigenvalue weighted by Crippen LogP contribution is 2.28. The Morgan fingerprint density at radius 2 is 2.12 bits per heavy atom. The molecule has 17 heavy (non-hydrogen) atoms. The van der Waals surface area contributed by atoms with Crippen LogP contribution in [0.2, 0.25) is 0 Å². The monoisotopic (exact) mass is 256 g/mol. The molecule has 0 aromatic rings. The number of nitrogens with one attached hydrogen (secondary N) is 1. The molecule has 1 heterocycles. The summed E-state index contributed by atoms with van der Waals surface area (Å²) in [6.45, 7) is 3.13. The van der Waals surface area contributed by atoms with E-state index in [1.807, 2.05) is 11.8 Å². The Labute approximate surface area is 106 Å². The average Bonchev–Trinajstić information content (AvgIpc) is 3.19. The van der Waals surface area contributed by atoms with Crippen LogP contribution >= 0.6 is 11.8 Å². The fourth-order valence-electron chi connectivity index (χ4n) is 1.73. The smallest absolute Gasteiger partial charge is 0.223 e. The maximum absolute atomic E-state index is 11.3. The number of rotatable bonds is 4. The standard InChI is InChI=1S/C11H20N4OS/c12-11(15-5-7-17-8-6-15)14-4-3-13-10(16)9-1-2-9/h9H,1-8H2,(H2,12,14)(H,13,16). The van der Waals surface area contributed by atoms with Crippen LogP contribution in [0.15, 0.2) is 4.99 Å². The second-order valence-electron chi connectivity index (χ2n) is 4.40. The minimum Gasteiger partial charge on any atom is -0.370 e. The van der Waals surface area contributed by atoms with Crippen molar-refractivity contribution in [2.24, 2.45) is 16.6 Å². The van der Waals surface area contributed by atoms with E-state index in [4.69, 9.17) is 5.73 Å². The first-order valence-corrected chi connectivity index (χ1v) is 7.33. The molecule has 96 valence electrons. The minimum absolute atomic E-state index is 0.174. The Kier molecular flexibility index (Phi) is 4.53.